The van der Waals surface area contributed by atoms with Crippen LogP contribution in [0.4, 0.5) is 0 Å². The molecule has 1 saturated carbocycles. The number of carbonyl (C=O) groups is 1. The molecule has 0 aromatic carbocycles. The number of hydrogen-bond donors (Lipinski definition) is 2. The summed E-state index contributed by atoms with van der Waals surface area (Å²) in [6, 6.07) is 0.510. The Morgan fingerprint density at radius 2 is 2.05 bits per heavy atom. The molecule has 1 amide bonds. The van der Waals surface area contributed by atoms with E-state index >= 15 is 0 Å². The van der Waals surface area contributed by atoms with Crippen molar-refractivity contribution in [2.24, 2.45) is 23.5 Å². The van der Waals surface area contributed by atoms with Gasteiger partial charge in [0.05, 0.1) is 0 Å². The number of aliphatic hydroxyl groups is 1. The molecule has 2 aliphatic rings. The lowest BCUT2D eigenvalue weighted by Crippen LogP contribution is -2.47. The Kier molecular flexibility index (Phi) is 5.44. The Hall–Kier alpha value is -0.610. The average Bonchev–Trinajstić information content (AvgIpc) is 2.88. The second-order valence-corrected chi connectivity index (χ2v) is 6.89. The zero-order valence-corrected chi connectivity index (χ0v) is 12.9. The van der Waals surface area contributed by atoms with E-state index in [2.05, 4.69) is 18.7 Å². The maximum atomic E-state index is 12.8. The van der Waals surface area contributed by atoms with Crippen molar-refractivity contribution in [3.05, 3.63) is 0 Å². The number of aliphatic hydroxyl groups excluding tert-OH is 1. The molecule has 0 aromatic heterocycles. The summed E-state index contributed by atoms with van der Waals surface area (Å²) in [5, 5.41) is 8.99. The van der Waals surface area contributed by atoms with Crippen molar-refractivity contribution < 1.29 is 9.90 Å². The van der Waals surface area contributed by atoms with Crippen molar-refractivity contribution in [2.45, 2.75) is 64.5 Å². The van der Waals surface area contributed by atoms with Gasteiger partial charge in [0.25, 0.3) is 0 Å². The van der Waals surface area contributed by atoms with Gasteiger partial charge >= 0.3 is 0 Å². The zero-order valence-electron chi connectivity index (χ0n) is 12.9. The van der Waals surface area contributed by atoms with Crippen LogP contribution in [0, 0.1) is 17.8 Å². The first-order valence-corrected chi connectivity index (χ1v) is 8.21. The fourth-order valence-corrected chi connectivity index (χ4v) is 3.99. The summed E-state index contributed by atoms with van der Waals surface area (Å²) in [6.07, 6.45) is 5.83. The molecular weight excluding hydrogens is 252 g/mol. The van der Waals surface area contributed by atoms with Crippen LogP contribution in [-0.4, -0.2) is 41.1 Å². The van der Waals surface area contributed by atoms with Crippen LogP contribution in [0.1, 0.15) is 52.4 Å². The Morgan fingerprint density at radius 1 is 1.30 bits per heavy atom. The molecule has 0 bridgehead atoms. The molecule has 116 valence electrons. The SMILES string of the molecule is CC1CC(C)C(C(=O)N2CCCC2CCCO)CC1N. The van der Waals surface area contributed by atoms with Crippen molar-refractivity contribution in [3.63, 3.8) is 0 Å². The number of nitrogens with zero attached hydrogens (tertiary/aromatic N) is 1. The van der Waals surface area contributed by atoms with Gasteiger partial charge in [-0.2, -0.15) is 0 Å². The number of likely N-dealkylation sites (tertiary alicyclic amines) is 1. The molecule has 5 unspecified atom stereocenters. The van der Waals surface area contributed by atoms with E-state index in [4.69, 9.17) is 10.8 Å². The number of nitrogens with two attached hydrogens (primary N) is 1. The molecule has 2 fully saturated rings. The largest absolute Gasteiger partial charge is 0.396 e. The molecule has 3 N–H and O–H groups in total. The highest BCUT2D eigenvalue weighted by Crippen LogP contribution is 2.35. The van der Waals surface area contributed by atoms with E-state index in [1.165, 1.54) is 0 Å². The highest BCUT2D eigenvalue weighted by atomic mass is 16.3. The Labute approximate surface area is 122 Å². The molecule has 5 atom stereocenters. The summed E-state index contributed by atoms with van der Waals surface area (Å²) in [7, 11) is 0. The Morgan fingerprint density at radius 3 is 2.75 bits per heavy atom. The first-order valence-electron chi connectivity index (χ1n) is 8.21. The normalized spacial score (nSPS) is 38.2. The fraction of sp³-hybridized carbons (Fsp3) is 0.938. The molecule has 0 aromatic rings. The van der Waals surface area contributed by atoms with Crippen LogP contribution in [0.25, 0.3) is 0 Å². The topological polar surface area (TPSA) is 66.6 Å². The average molecular weight is 282 g/mol. The van der Waals surface area contributed by atoms with Crippen molar-refractivity contribution in [2.75, 3.05) is 13.2 Å². The van der Waals surface area contributed by atoms with E-state index in [9.17, 15) is 4.79 Å². The van der Waals surface area contributed by atoms with Gasteiger partial charge in [-0.15, -0.1) is 0 Å². The van der Waals surface area contributed by atoms with E-state index in [0.717, 1.165) is 45.1 Å². The summed E-state index contributed by atoms with van der Waals surface area (Å²) in [6.45, 7) is 5.51. The lowest BCUT2D eigenvalue weighted by atomic mass is 9.72. The lowest BCUT2D eigenvalue weighted by Gasteiger charge is -2.39. The molecule has 0 radical (unpaired) electrons. The second kappa shape index (κ2) is 6.90. The maximum absolute atomic E-state index is 12.8. The molecule has 0 spiro atoms. The molecule has 1 heterocycles. The smallest absolute Gasteiger partial charge is 0.226 e. The van der Waals surface area contributed by atoms with Gasteiger partial charge in [-0.1, -0.05) is 13.8 Å². The molecule has 4 heteroatoms. The molecule has 20 heavy (non-hydrogen) atoms. The van der Waals surface area contributed by atoms with Crippen molar-refractivity contribution in [1.29, 1.82) is 0 Å². The summed E-state index contributed by atoms with van der Waals surface area (Å²) < 4.78 is 0. The van der Waals surface area contributed by atoms with Crippen molar-refractivity contribution in [1.82, 2.24) is 4.90 Å². The quantitative estimate of drug-likeness (QED) is 0.825. The Balaban J connectivity index is 1.98. The summed E-state index contributed by atoms with van der Waals surface area (Å²) in [5.74, 6) is 1.39. The van der Waals surface area contributed by atoms with E-state index in [-0.39, 0.29) is 18.6 Å². The number of amides is 1. The first-order chi connectivity index (χ1) is 9.54. The van der Waals surface area contributed by atoms with Gasteiger partial charge in [0.1, 0.15) is 0 Å². The van der Waals surface area contributed by atoms with Gasteiger partial charge in [0.15, 0.2) is 0 Å². The van der Waals surface area contributed by atoms with Gasteiger partial charge in [0, 0.05) is 31.2 Å². The molecule has 2 rings (SSSR count). The third kappa shape index (κ3) is 3.34. The van der Waals surface area contributed by atoms with Crippen LogP contribution < -0.4 is 5.73 Å². The van der Waals surface area contributed by atoms with Crippen LogP contribution in [-0.2, 0) is 4.79 Å². The molecule has 4 nitrogen and oxygen atoms in total. The van der Waals surface area contributed by atoms with Crippen LogP contribution in [0.5, 0.6) is 0 Å². The number of rotatable bonds is 4. The molecule has 1 aliphatic heterocycles. The zero-order chi connectivity index (χ0) is 14.7. The van der Waals surface area contributed by atoms with Gasteiger partial charge < -0.3 is 15.7 Å². The summed E-state index contributed by atoms with van der Waals surface area (Å²) in [4.78, 5) is 14.9. The number of hydrogen-bond acceptors (Lipinski definition) is 3. The molecule has 1 saturated heterocycles. The highest BCUT2D eigenvalue weighted by molar-refractivity contribution is 5.80. The van der Waals surface area contributed by atoms with E-state index < -0.39 is 0 Å². The predicted molar refractivity (Wildman–Crippen MR) is 80.1 cm³/mol. The summed E-state index contributed by atoms with van der Waals surface area (Å²) in [5.41, 5.74) is 6.18. The minimum atomic E-state index is 0.107. The Bertz CT molecular complexity index is 334. The summed E-state index contributed by atoms with van der Waals surface area (Å²) >= 11 is 0. The predicted octanol–water partition coefficient (Wildman–Crippen LogP) is 1.76. The monoisotopic (exact) mass is 282 g/mol. The minimum Gasteiger partial charge on any atom is -0.396 e. The fourth-order valence-electron chi connectivity index (χ4n) is 3.99. The standard InChI is InChI=1S/C16H30N2O2/c1-11-9-12(2)15(17)10-14(11)16(20)18-7-3-5-13(18)6-4-8-19/h11-15,19H,3-10,17H2,1-2H3. The highest BCUT2D eigenvalue weighted by Gasteiger charge is 2.39. The van der Waals surface area contributed by atoms with Crippen LogP contribution >= 0.6 is 0 Å². The van der Waals surface area contributed by atoms with Gasteiger partial charge in [-0.05, 0) is 50.4 Å². The maximum Gasteiger partial charge on any atom is 0.226 e. The molecule has 1 aliphatic carbocycles. The lowest BCUT2D eigenvalue weighted by molar-refractivity contribution is -0.140. The van der Waals surface area contributed by atoms with Gasteiger partial charge in [-0.25, -0.2) is 0 Å². The van der Waals surface area contributed by atoms with Crippen molar-refractivity contribution >= 4 is 5.91 Å². The third-order valence-corrected chi connectivity index (χ3v) is 5.36. The van der Waals surface area contributed by atoms with Crippen LogP contribution in [0.2, 0.25) is 0 Å². The second-order valence-electron chi connectivity index (χ2n) is 6.89. The van der Waals surface area contributed by atoms with Crippen LogP contribution in [0.3, 0.4) is 0 Å². The van der Waals surface area contributed by atoms with Gasteiger partial charge in [-0.3, -0.25) is 4.79 Å². The first kappa shape index (κ1) is 15.8. The molecular formula is C16H30N2O2. The van der Waals surface area contributed by atoms with Crippen LogP contribution in [0.15, 0.2) is 0 Å². The van der Waals surface area contributed by atoms with Crippen molar-refractivity contribution in [3.8, 4) is 0 Å². The minimum absolute atomic E-state index is 0.107. The van der Waals surface area contributed by atoms with Gasteiger partial charge in [0.2, 0.25) is 5.91 Å². The van der Waals surface area contributed by atoms with E-state index in [0.29, 0.717) is 23.8 Å². The third-order valence-electron chi connectivity index (χ3n) is 5.36. The number of carbonyl (C=O) groups excluding carboxylic acids is 1. The van der Waals surface area contributed by atoms with E-state index in [1.807, 2.05) is 0 Å². The van der Waals surface area contributed by atoms with E-state index in [1.54, 1.807) is 0 Å².